The Morgan fingerprint density at radius 2 is 1.83 bits per heavy atom. The third-order valence-electron chi connectivity index (χ3n) is 4.50. The van der Waals surface area contributed by atoms with E-state index >= 15 is 0 Å². The highest BCUT2D eigenvalue weighted by Crippen LogP contribution is 2.33. The topological polar surface area (TPSA) is 81.1 Å². The second-order valence-electron chi connectivity index (χ2n) is 6.69. The van der Waals surface area contributed by atoms with Crippen molar-refractivity contribution in [2.24, 2.45) is 0 Å². The van der Waals surface area contributed by atoms with E-state index in [9.17, 15) is 9.90 Å². The lowest BCUT2D eigenvalue weighted by Gasteiger charge is -2.25. The zero-order valence-corrected chi connectivity index (χ0v) is 14.3. The predicted molar refractivity (Wildman–Crippen MR) is 96.0 cm³/mol. The molecule has 0 atom stereocenters. The molecule has 0 aliphatic carbocycles. The Kier molecular flexibility index (Phi) is 3.59. The number of aromatic nitrogens is 2. The van der Waals surface area contributed by atoms with E-state index in [4.69, 9.17) is 10.7 Å². The smallest absolute Gasteiger partial charge is 0.329 e. The molecule has 0 saturated heterocycles. The van der Waals surface area contributed by atoms with Gasteiger partial charge in [0.05, 0.1) is 11.0 Å². The van der Waals surface area contributed by atoms with Crippen molar-refractivity contribution >= 4 is 22.7 Å². The van der Waals surface area contributed by atoms with E-state index in [0.717, 1.165) is 27.7 Å². The lowest BCUT2D eigenvalue weighted by molar-refractivity contribution is -0.145. The van der Waals surface area contributed by atoms with Crippen LogP contribution in [-0.4, -0.2) is 20.6 Å². The molecule has 1 heterocycles. The second-order valence-corrected chi connectivity index (χ2v) is 6.69. The largest absolute Gasteiger partial charge is 0.480 e. The number of carbonyl (C=O) groups is 1. The standard InChI is InChI=1S/C19H21N3O2/c1-11-8-15-16(9-12(11)2)22(19(3,4)18(23)24)17(21-15)13-6-5-7-14(20)10-13/h5-10H,20H2,1-4H3,(H,23,24). The molecule has 2 aromatic carbocycles. The van der Waals surface area contributed by atoms with Crippen LogP contribution in [-0.2, 0) is 10.3 Å². The van der Waals surface area contributed by atoms with Crippen LogP contribution in [0.5, 0.6) is 0 Å². The van der Waals surface area contributed by atoms with Crippen LogP contribution < -0.4 is 5.73 Å². The molecule has 0 fully saturated rings. The van der Waals surface area contributed by atoms with Crippen molar-refractivity contribution in [1.82, 2.24) is 9.55 Å². The molecule has 5 nitrogen and oxygen atoms in total. The number of anilines is 1. The number of hydrogen-bond acceptors (Lipinski definition) is 3. The Morgan fingerprint density at radius 1 is 1.17 bits per heavy atom. The lowest BCUT2D eigenvalue weighted by Crippen LogP contribution is -2.36. The molecular formula is C19H21N3O2. The van der Waals surface area contributed by atoms with Crippen LogP contribution in [0.4, 0.5) is 5.69 Å². The summed E-state index contributed by atoms with van der Waals surface area (Å²) in [5.74, 6) is -0.306. The van der Waals surface area contributed by atoms with Crippen LogP contribution in [0.25, 0.3) is 22.4 Å². The number of nitrogen functional groups attached to an aromatic ring is 1. The van der Waals surface area contributed by atoms with Gasteiger partial charge in [-0.2, -0.15) is 0 Å². The maximum absolute atomic E-state index is 11.9. The molecule has 0 bridgehead atoms. The van der Waals surface area contributed by atoms with Gasteiger partial charge in [0.2, 0.25) is 0 Å². The normalized spacial score (nSPS) is 11.8. The highest BCUT2D eigenvalue weighted by Gasteiger charge is 2.34. The summed E-state index contributed by atoms with van der Waals surface area (Å²) in [6.45, 7) is 7.40. The van der Waals surface area contributed by atoms with E-state index in [1.807, 2.05) is 44.2 Å². The summed E-state index contributed by atoms with van der Waals surface area (Å²) in [7, 11) is 0. The van der Waals surface area contributed by atoms with Gasteiger partial charge >= 0.3 is 5.97 Å². The van der Waals surface area contributed by atoms with Gasteiger partial charge in [0.1, 0.15) is 11.4 Å². The maximum Gasteiger partial charge on any atom is 0.329 e. The van der Waals surface area contributed by atoms with Crippen molar-refractivity contribution in [3.8, 4) is 11.4 Å². The summed E-state index contributed by atoms with van der Waals surface area (Å²) >= 11 is 0. The fourth-order valence-electron chi connectivity index (χ4n) is 2.87. The molecule has 0 amide bonds. The quantitative estimate of drug-likeness (QED) is 0.720. The van der Waals surface area contributed by atoms with E-state index in [0.29, 0.717) is 11.5 Å². The first-order valence-electron chi connectivity index (χ1n) is 7.81. The predicted octanol–water partition coefficient (Wildman–Crippen LogP) is 3.72. The molecule has 124 valence electrons. The second kappa shape index (κ2) is 5.37. The number of imidazole rings is 1. The number of hydrogen-bond donors (Lipinski definition) is 2. The molecule has 0 radical (unpaired) electrons. The van der Waals surface area contributed by atoms with Crippen molar-refractivity contribution in [2.75, 3.05) is 5.73 Å². The summed E-state index contributed by atoms with van der Waals surface area (Å²) in [4.78, 5) is 16.6. The molecule has 0 unspecified atom stereocenters. The van der Waals surface area contributed by atoms with E-state index in [-0.39, 0.29) is 0 Å². The first-order valence-corrected chi connectivity index (χ1v) is 7.81. The SMILES string of the molecule is Cc1cc2nc(-c3cccc(N)c3)n(C(C)(C)C(=O)O)c2cc1C. The highest BCUT2D eigenvalue weighted by atomic mass is 16.4. The molecule has 3 N–H and O–H groups in total. The fraction of sp³-hybridized carbons (Fsp3) is 0.263. The number of carboxylic acids is 1. The number of carboxylic acid groups (broad SMARTS) is 1. The summed E-state index contributed by atoms with van der Waals surface area (Å²) in [5, 5.41) is 9.75. The number of fused-ring (bicyclic) bond motifs is 1. The van der Waals surface area contributed by atoms with Gasteiger partial charge in [-0.3, -0.25) is 0 Å². The average molecular weight is 323 g/mol. The van der Waals surface area contributed by atoms with Crippen molar-refractivity contribution in [3.05, 3.63) is 47.5 Å². The van der Waals surface area contributed by atoms with E-state index in [2.05, 4.69) is 0 Å². The minimum atomic E-state index is -1.14. The molecule has 0 spiro atoms. The third kappa shape index (κ3) is 2.42. The zero-order chi connectivity index (χ0) is 17.6. The van der Waals surface area contributed by atoms with E-state index in [1.165, 1.54) is 0 Å². The van der Waals surface area contributed by atoms with Gasteiger partial charge in [-0.05, 0) is 63.1 Å². The number of nitrogens with two attached hydrogens (primary N) is 1. The number of nitrogens with zero attached hydrogens (tertiary/aromatic N) is 2. The van der Waals surface area contributed by atoms with Crippen molar-refractivity contribution < 1.29 is 9.90 Å². The van der Waals surface area contributed by atoms with Gasteiger partial charge in [-0.25, -0.2) is 9.78 Å². The molecular weight excluding hydrogens is 302 g/mol. The Balaban J connectivity index is 2.42. The Labute approximate surface area is 140 Å². The third-order valence-corrected chi connectivity index (χ3v) is 4.50. The molecule has 24 heavy (non-hydrogen) atoms. The first kappa shape index (κ1) is 16.1. The van der Waals surface area contributed by atoms with Crippen LogP contribution in [0.3, 0.4) is 0 Å². The number of rotatable bonds is 3. The Morgan fingerprint density at radius 3 is 2.46 bits per heavy atom. The van der Waals surface area contributed by atoms with Gasteiger partial charge in [-0.15, -0.1) is 0 Å². The van der Waals surface area contributed by atoms with Crippen molar-refractivity contribution in [1.29, 1.82) is 0 Å². The average Bonchev–Trinajstić information content (AvgIpc) is 2.86. The fourth-order valence-corrected chi connectivity index (χ4v) is 2.87. The first-order chi connectivity index (χ1) is 11.2. The van der Waals surface area contributed by atoms with Crippen LogP contribution in [0.1, 0.15) is 25.0 Å². The zero-order valence-electron chi connectivity index (χ0n) is 14.3. The van der Waals surface area contributed by atoms with Gasteiger partial charge in [-0.1, -0.05) is 12.1 Å². The summed E-state index contributed by atoms with van der Waals surface area (Å²) in [6.07, 6.45) is 0. The van der Waals surface area contributed by atoms with Crippen LogP contribution in [0.15, 0.2) is 36.4 Å². The van der Waals surface area contributed by atoms with Gasteiger partial charge in [0, 0.05) is 11.3 Å². The van der Waals surface area contributed by atoms with E-state index < -0.39 is 11.5 Å². The minimum absolute atomic E-state index is 0.606. The number of benzene rings is 2. The van der Waals surface area contributed by atoms with Crippen LogP contribution >= 0.6 is 0 Å². The number of aliphatic carboxylic acids is 1. The van der Waals surface area contributed by atoms with Gasteiger partial charge in [0.25, 0.3) is 0 Å². The number of aryl methyl sites for hydroxylation is 2. The molecule has 5 heteroatoms. The Hall–Kier alpha value is -2.82. The van der Waals surface area contributed by atoms with Crippen molar-refractivity contribution in [2.45, 2.75) is 33.2 Å². The molecule has 0 saturated carbocycles. The molecule has 1 aromatic heterocycles. The van der Waals surface area contributed by atoms with Crippen molar-refractivity contribution in [3.63, 3.8) is 0 Å². The summed E-state index contributed by atoms with van der Waals surface area (Å²) in [6, 6.07) is 11.3. The lowest BCUT2D eigenvalue weighted by atomic mass is 10.0. The maximum atomic E-state index is 11.9. The highest BCUT2D eigenvalue weighted by molar-refractivity contribution is 5.87. The Bertz CT molecular complexity index is 955. The van der Waals surface area contributed by atoms with Crippen LogP contribution in [0, 0.1) is 13.8 Å². The molecule has 0 aliphatic heterocycles. The monoisotopic (exact) mass is 323 g/mol. The molecule has 0 aliphatic rings. The molecule has 3 aromatic rings. The summed E-state index contributed by atoms with van der Waals surface area (Å²) < 4.78 is 1.78. The summed E-state index contributed by atoms with van der Waals surface area (Å²) in [5.41, 5.74) is 10.00. The minimum Gasteiger partial charge on any atom is -0.480 e. The van der Waals surface area contributed by atoms with Gasteiger partial charge in [0.15, 0.2) is 0 Å². The van der Waals surface area contributed by atoms with Gasteiger partial charge < -0.3 is 15.4 Å². The molecule has 3 rings (SSSR count). The van der Waals surface area contributed by atoms with Crippen LogP contribution in [0.2, 0.25) is 0 Å². The van der Waals surface area contributed by atoms with E-state index in [1.54, 1.807) is 24.5 Å².